The summed E-state index contributed by atoms with van der Waals surface area (Å²) in [6.45, 7) is 2.25. The standard InChI is InChI=1S/C24H23NO3S/c1-3-14-8-9-22-15(10-14)11-23(29-22)24(26)25-18-13-20-17(12-21(18)27-2)16-6-4-5-7-19(16)28-20/h4-7,11-14H,3,8-10H2,1-2H3,(H,25,26)/t14-/m1/s1. The normalized spacial score (nSPS) is 16.1. The lowest BCUT2D eigenvalue weighted by molar-refractivity contribution is 0.103. The van der Waals surface area contributed by atoms with Crippen LogP contribution in [-0.2, 0) is 12.8 Å². The zero-order valence-electron chi connectivity index (χ0n) is 16.6. The minimum Gasteiger partial charge on any atom is -0.495 e. The summed E-state index contributed by atoms with van der Waals surface area (Å²) in [4.78, 5) is 15.1. The number of hydrogen-bond acceptors (Lipinski definition) is 4. The predicted molar refractivity (Wildman–Crippen MR) is 118 cm³/mol. The Morgan fingerprint density at radius 3 is 2.90 bits per heavy atom. The van der Waals surface area contributed by atoms with Crippen LogP contribution in [0.3, 0.4) is 0 Å². The van der Waals surface area contributed by atoms with Crippen LogP contribution in [0.4, 0.5) is 5.69 Å². The molecule has 0 unspecified atom stereocenters. The van der Waals surface area contributed by atoms with Crippen molar-refractivity contribution in [2.45, 2.75) is 32.6 Å². The van der Waals surface area contributed by atoms with Crippen molar-refractivity contribution in [3.63, 3.8) is 0 Å². The van der Waals surface area contributed by atoms with Crippen molar-refractivity contribution in [1.82, 2.24) is 0 Å². The largest absolute Gasteiger partial charge is 0.495 e. The molecule has 4 aromatic rings. The summed E-state index contributed by atoms with van der Waals surface area (Å²) in [6, 6.07) is 13.8. The number of carbonyl (C=O) groups is 1. The molecule has 1 aliphatic carbocycles. The number of hydrogen-bond donors (Lipinski definition) is 1. The molecule has 2 heterocycles. The van der Waals surface area contributed by atoms with Gasteiger partial charge in [0.25, 0.3) is 5.91 Å². The number of rotatable bonds is 4. The lowest BCUT2D eigenvalue weighted by atomic mass is 9.87. The highest BCUT2D eigenvalue weighted by Crippen LogP contribution is 2.38. The smallest absolute Gasteiger partial charge is 0.265 e. The van der Waals surface area contributed by atoms with Gasteiger partial charge in [0.2, 0.25) is 0 Å². The fourth-order valence-corrected chi connectivity index (χ4v) is 5.37. The molecule has 0 radical (unpaired) electrons. The Morgan fingerprint density at radius 2 is 2.07 bits per heavy atom. The molecule has 2 aromatic heterocycles. The Morgan fingerprint density at radius 1 is 1.21 bits per heavy atom. The second-order valence-electron chi connectivity index (χ2n) is 7.68. The maximum absolute atomic E-state index is 13.0. The second-order valence-corrected chi connectivity index (χ2v) is 8.81. The van der Waals surface area contributed by atoms with Crippen molar-refractivity contribution in [1.29, 1.82) is 0 Å². The van der Waals surface area contributed by atoms with Gasteiger partial charge < -0.3 is 14.5 Å². The molecule has 0 fully saturated rings. The van der Waals surface area contributed by atoms with E-state index in [0.29, 0.717) is 11.4 Å². The van der Waals surface area contributed by atoms with E-state index >= 15 is 0 Å². The molecule has 5 heteroatoms. The van der Waals surface area contributed by atoms with Gasteiger partial charge in [0.1, 0.15) is 16.9 Å². The Hall–Kier alpha value is -2.79. The summed E-state index contributed by atoms with van der Waals surface area (Å²) in [5.74, 6) is 1.28. The van der Waals surface area contributed by atoms with E-state index in [1.165, 1.54) is 23.3 Å². The van der Waals surface area contributed by atoms with Crippen molar-refractivity contribution in [3.05, 3.63) is 57.8 Å². The van der Waals surface area contributed by atoms with E-state index in [1.54, 1.807) is 18.4 Å². The number of carbonyl (C=O) groups excluding carboxylic acids is 1. The van der Waals surface area contributed by atoms with Gasteiger partial charge in [-0.1, -0.05) is 31.5 Å². The first kappa shape index (κ1) is 18.3. The number of fused-ring (bicyclic) bond motifs is 4. The summed E-state index contributed by atoms with van der Waals surface area (Å²) < 4.78 is 11.5. The lowest BCUT2D eigenvalue weighted by Gasteiger charge is -2.19. The first-order valence-corrected chi connectivity index (χ1v) is 10.9. The number of para-hydroxylation sites is 1. The molecule has 1 N–H and O–H groups in total. The Labute approximate surface area is 173 Å². The van der Waals surface area contributed by atoms with Gasteiger partial charge in [-0.3, -0.25) is 4.79 Å². The van der Waals surface area contributed by atoms with E-state index in [-0.39, 0.29) is 5.91 Å². The lowest BCUT2D eigenvalue weighted by Crippen LogP contribution is -2.11. The zero-order chi connectivity index (χ0) is 20.0. The molecular formula is C24H23NO3S. The Kier molecular flexibility index (Phi) is 4.55. The third-order valence-electron chi connectivity index (χ3n) is 5.93. The molecular weight excluding hydrogens is 382 g/mol. The molecule has 0 aliphatic heterocycles. The summed E-state index contributed by atoms with van der Waals surface area (Å²) in [5.41, 5.74) is 3.53. The molecule has 1 aliphatic rings. The zero-order valence-corrected chi connectivity index (χ0v) is 17.4. The molecule has 0 saturated heterocycles. The number of aryl methyl sites for hydroxylation is 1. The van der Waals surface area contributed by atoms with E-state index in [9.17, 15) is 4.79 Å². The van der Waals surface area contributed by atoms with Crippen molar-refractivity contribution < 1.29 is 13.9 Å². The van der Waals surface area contributed by atoms with Crippen molar-refractivity contribution in [3.8, 4) is 5.75 Å². The molecule has 29 heavy (non-hydrogen) atoms. The number of nitrogens with one attached hydrogen (secondary N) is 1. The van der Waals surface area contributed by atoms with Gasteiger partial charge >= 0.3 is 0 Å². The van der Waals surface area contributed by atoms with Crippen LogP contribution >= 0.6 is 11.3 Å². The number of amides is 1. The van der Waals surface area contributed by atoms with Crippen molar-refractivity contribution in [2.75, 3.05) is 12.4 Å². The highest BCUT2D eigenvalue weighted by atomic mass is 32.1. The number of benzene rings is 2. The van der Waals surface area contributed by atoms with Gasteiger partial charge in [0.05, 0.1) is 17.7 Å². The minimum atomic E-state index is -0.0915. The molecule has 4 nitrogen and oxygen atoms in total. The van der Waals surface area contributed by atoms with E-state index in [4.69, 9.17) is 9.15 Å². The van der Waals surface area contributed by atoms with Crippen LogP contribution in [0.2, 0.25) is 0 Å². The van der Waals surface area contributed by atoms with Crippen LogP contribution < -0.4 is 10.1 Å². The molecule has 148 valence electrons. The van der Waals surface area contributed by atoms with Gasteiger partial charge in [-0.05, 0) is 48.9 Å². The fourth-order valence-electron chi connectivity index (χ4n) is 4.26. The average Bonchev–Trinajstić information content (AvgIpc) is 3.33. The molecule has 1 atom stereocenters. The first-order chi connectivity index (χ1) is 14.2. The van der Waals surface area contributed by atoms with Crippen LogP contribution in [0.1, 0.15) is 39.9 Å². The van der Waals surface area contributed by atoms with E-state index in [2.05, 4.69) is 18.3 Å². The summed E-state index contributed by atoms with van der Waals surface area (Å²) in [6.07, 6.45) is 4.59. The summed E-state index contributed by atoms with van der Waals surface area (Å²) in [5, 5.41) is 5.05. The maximum atomic E-state index is 13.0. The molecule has 2 aromatic carbocycles. The number of anilines is 1. The fraction of sp³-hybridized carbons (Fsp3) is 0.292. The average molecular weight is 406 g/mol. The maximum Gasteiger partial charge on any atom is 0.265 e. The van der Waals surface area contributed by atoms with Gasteiger partial charge in [-0.25, -0.2) is 0 Å². The van der Waals surface area contributed by atoms with Crippen molar-refractivity contribution >= 4 is 44.9 Å². The topological polar surface area (TPSA) is 51.5 Å². The Balaban J connectivity index is 1.47. The number of furan rings is 1. The van der Waals surface area contributed by atoms with E-state index < -0.39 is 0 Å². The van der Waals surface area contributed by atoms with Gasteiger partial charge in [0, 0.05) is 21.7 Å². The minimum absolute atomic E-state index is 0.0915. The van der Waals surface area contributed by atoms with Crippen LogP contribution in [0, 0.1) is 5.92 Å². The van der Waals surface area contributed by atoms with Crippen LogP contribution in [0.5, 0.6) is 5.75 Å². The molecule has 0 bridgehead atoms. The quantitative estimate of drug-likeness (QED) is 0.426. The third kappa shape index (κ3) is 3.19. The molecule has 0 saturated carbocycles. The van der Waals surface area contributed by atoms with Crippen LogP contribution in [-0.4, -0.2) is 13.0 Å². The summed E-state index contributed by atoms with van der Waals surface area (Å²) in [7, 11) is 1.62. The highest BCUT2D eigenvalue weighted by molar-refractivity contribution is 7.14. The first-order valence-electron chi connectivity index (χ1n) is 10.1. The van der Waals surface area contributed by atoms with Crippen LogP contribution in [0.25, 0.3) is 21.9 Å². The van der Waals surface area contributed by atoms with Crippen molar-refractivity contribution in [2.24, 2.45) is 5.92 Å². The third-order valence-corrected chi connectivity index (χ3v) is 7.17. The number of methoxy groups -OCH3 is 1. The summed E-state index contributed by atoms with van der Waals surface area (Å²) >= 11 is 1.62. The second kappa shape index (κ2) is 7.23. The molecule has 1 amide bonds. The van der Waals surface area contributed by atoms with Gasteiger partial charge in [0.15, 0.2) is 0 Å². The van der Waals surface area contributed by atoms with E-state index in [1.807, 2.05) is 36.4 Å². The Bertz CT molecular complexity index is 1220. The number of thiophene rings is 1. The molecule has 5 rings (SSSR count). The SMILES string of the molecule is CC[C@@H]1CCc2sc(C(=O)Nc3cc4oc5ccccc5c4cc3OC)cc2C1. The molecule has 0 spiro atoms. The van der Waals surface area contributed by atoms with Gasteiger partial charge in [-0.2, -0.15) is 0 Å². The number of ether oxygens (including phenoxy) is 1. The monoisotopic (exact) mass is 405 g/mol. The van der Waals surface area contributed by atoms with Crippen LogP contribution in [0.15, 0.2) is 46.9 Å². The van der Waals surface area contributed by atoms with Gasteiger partial charge in [-0.15, -0.1) is 11.3 Å². The highest BCUT2D eigenvalue weighted by Gasteiger charge is 2.23. The predicted octanol–water partition coefficient (Wildman–Crippen LogP) is 6.42. The van der Waals surface area contributed by atoms with E-state index in [0.717, 1.165) is 45.6 Å².